The Balaban J connectivity index is 1.84. The molecule has 1 aliphatic rings. The third-order valence-electron chi connectivity index (χ3n) is 4.85. The van der Waals surface area contributed by atoms with Gasteiger partial charge in [0, 0.05) is 26.3 Å². The van der Waals surface area contributed by atoms with Crippen LogP contribution in [-0.4, -0.2) is 50.3 Å². The number of carboxylic acid groups (broad SMARTS) is 1. The van der Waals surface area contributed by atoms with Crippen molar-refractivity contribution in [2.75, 3.05) is 11.4 Å². The van der Waals surface area contributed by atoms with Gasteiger partial charge in [-0.1, -0.05) is 30.3 Å². The van der Waals surface area contributed by atoms with Crippen LogP contribution in [0.1, 0.15) is 25.3 Å². The molecule has 1 aromatic heterocycles. The number of hydrogen-bond donors (Lipinski definition) is 1. The van der Waals surface area contributed by atoms with Crippen LogP contribution in [0.3, 0.4) is 0 Å². The Bertz CT molecular complexity index is 774. The van der Waals surface area contributed by atoms with E-state index in [1.54, 1.807) is 33.9 Å². The van der Waals surface area contributed by atoms with Gasteiger partial charge >= 0.3 is 5.97 Å². The number of anilines is 1. The highest BCUT2D eigenvalue weighted by Crippen LogP contribution is 2.31. The Morgan fingerprint density at radius 1 is 1.23 bits per heavy atom. The van der Waals surface area contributed by atoms with Crippen LogP contribution in [0.5, 0.6) is 0 Å². The van der Waals surface area contributed by atoms with Crippen LogP contribution in [0, 0.1) is 0 Å². The van der Waals surface area contributed by atoms with Gasteiger partial charge in [-0.3, -0.25) is 9.48 Å². The van der Waals surface area contributed by atoms with E-state index in [0.29, 0.717) is 31.6 Å². The Labute approximate surface area is 152 Å². The number of aromatic nitrogens is 2. The molecule has 1 amide bonds. The van der Waals surface area contributed by atoms with E-state index in [2.05, 4.69) is 5.10 Å². The first-order valence-electron chi connectivity index (χ1n) is 8.83. The number of carbonyl (C=O) groups is 2. The Hall–Kier alpha value is -2.83. The maximum atomic E-state index is 13.2. The zero-order valence-electron chi connectivity index (χ0n) is 15.1. The van der Waals surface area contributed by atoms with Gasteiger partial charge in [0.1, 0.15) is 12.1 Å². The molecule has 2 heterocycles. The molecule has 1 aliphatic heterocycles. The van der Waals surface area contributed by atoms with E-state index in [1.165, 1.54) is 0 Å². The first-order valence-corrected chi connectivity index (χ1v) is 8.83. The summed E-state index contributed by atoms with van der Waals surface area (Å²) in [5.41, 5.74) is 1.73. The van der Waals surface area contributed by atoms with Gasteiger partial charge in [0.05, 0.1) is 11.9 Å². The largest absolute Gasteiger partial charge is 0.480 e. The maximum absolute atomic E-state index is 13.2. The zero-order valence-corrected chi connectivity index (χ0v) is 15.1. The highest BCUT2D eigenvalue weighted by atomic mass is 16.4. The summed E-state index contributed by atoms with van der Waals surface area (Å²) >= 11 is 0. The van der Waals surface area contributed by atoms with Crippen molar-refractivity contribution in [3.63, 3.8) is 0 Å². The Morgan fingerprint density at radius 2 is 1.92 bits per heavy atom. The van der Waals surface area contributed by atoms with Crippen molar-refractivity contribution in [3.05, 3.63) is 48.3 Å². The first kappa shape index (κ1) is 18.0. The minimum atomic E-state index is -0.907. The van der Waals surface area contributed by atoms with Gasteiger partial charge in [-0.15, -0.1) is 0 Å². The average Bonchev–Trinajstić information content (AvgIpc) is 3.26. The van der Waals surface area contributed by atoms with E-state index in [-0.39, 0.29) is 5.91 Å². The first-order chi connectivity index (χ1) is 12.5. The highest BCUT2D eigenvalue weighted by molar-refractivity contribution is 5.90. The molecule has 1 aromatic carbocycles. The highest BCUT2D eigenvalue weighted by Gasteiger charge is 2.43. The molecule has 0 spiro atoms. The minimum Gasteiger partial charge on any atom is -0.480 e. The van der Waals surface area contributed by atoms with Crippen LogP contribution in [0.15, 0.2) is 42.7 Å². The summed E-state index contributed by atoms with van der Waals surface area (Å²) in [4.78, 5) is 28.4. The normalized spacial score (nSPS) is 19.5. The van der Waals surface area contributed by atoms with Gasteiger partial charge < -0.3 is 14.9 Å². The predicted octanol–water partition coefficient (Wildman–Crippen LogP) is 1.89. The van der Waals surface area contributed by atoms with Crippen LogP contribution >= 0.6 is 0 Å². The molecule has 0 radical (unpaired) electrons. The molecule has 7 nitrogen and oxygen atoms in total. The predicted molar refractivity (Wildman–Crippen MR) is 97.7 cm³/mol. The second-order valence-electron chi connectivity index (χ2n) is 6.56. The lowest BCUT2D eigenvalue weighted by Gasteiger charge is -2.32. The molecule has 3 rings (SSSR count). The zero-order chi connectivity index (χ0) is 18.7. The minimum absolute atomic E-state index is 0.0380. The second kappa shape index (κ2) is 7.59. The van der Waals surface area contributed by atoms with Crippen LogP contribution in [0.2, 0.25) is 0 Å². The molecule has 0 saturated carbocycles. The molecule has 2 unspecified atom stereocenters. The lowest BCUT2D eigenvalue weighted by atomic mass is 10.1. The van der Waals surface area contributed by atoms with E-state index in [0.717, 1.165) is 5.56 Å². The topological polar surface area (TPSA) is 78.7 Å². The van der Waals surface area contributed by atoms with Gasteiger partial charge in [0.15, 0.2) is 0 Å². The molecule has 7 heteroatoms. The molecule has 1 N–H and O–H groups in total. The Kier molecular flexibility index (Phi) is 5.25. The van der Waals surface area contributed by atoms with Gasteiger partial charge in [-0.2, -0.15) is 5.10 Å². The van der Waals surface area contributed by atoms with Crippen molar-refractivity contribution in [2.24, 2.45) is 7.05 Å². The summed E-state index contributed by atoms with van der Waals surface area (Å²) in [6, 6.07) is 8.64. The maximum Gasteiger partial charge on any atom is 0.326 e. The van der Waals surface area contributed by atoms with Crippen molar-refractivity contribution in [1.82, 2.24) is 14.7 Å². The molecule has 1 saturated heterocycles. The molecule has 26 heavy (non-hydrogen) atoms. The quantitative estimate of drug-likeness (QED) is 0.855. The number of nitrogens with zero attached hydrogens (tertiary/aromatic N) is 4. The third-order valence-corrected chi connectivity index (χ3v) is 4.85. The molecular weight excluding hydrogens is 332 g/mol. The SMILES string of the molecule is CCN(Cc1ccccc1)C(=O)C1CCC(C(=O)O)N1c1cnn(C)c1. The number of carboxylic acids is 1. The average molecular weight is 356 g/mol. The summed E-state index contributed by atoms with van der Waals surface area (Å²) in [6.07, 6.45) is 4.35. The monoisotopic (exact) mass is 356 g/mol. The number of rotatable bonds is 6. The van der Waals surface area contributed by atoms with Crippen molar-refractivity contribution >= 4 is 17.6 Å². The summed E-state index contributed by atoms with van der Waals surface area (Å²) in [6.45, 7) is 3.03. The lowest BCUT2D eigenvalue weighted by Crippen LogP contribution is -2.49. The van der Waals surface area contributed by atoms with Crippen LogP contribution in [0.4, 0.5) is 5.69 Å². The lowest BCUT2D eigenvalue weighted by molar-refractivity contribution is -0.138. The second-order valence-corrected chi connectivity index (χ2v) is 6.56. The van der Waals surface area contributed by atoms with Crippen LogP contribution < -0.4 is 4.90 Å². The summed E-state index contributed by atoms with van der Waals surface area (Å²) < 4.78 is 1.62. The van der Waals surface area contributed by atoms with Crippen LogP contribution in [-0.2, 0) is 23.2 Å². The smallest absolute Gasteiger partial charge is 0.326 e. The number of aliphatic carboxylic acids is 1. The summed E-state index contributed by atoms with van der Waals surface area (Å²) in [5.74, 6) is -0.945. The number of carbonyl (C=O) groups excluding carboxylic acids is 1. The molecule has 2 aromatic rings. The molecular formula is C19H24N4O3. The van der Waals surface area contributed by atoms with Crippen molar-refractivity contribution in [3.8, 4) is 0 Å². The molecule has 0 bridgehead atoms. The fourth-order valence-corrected chi connectivity index (χ4v) is 3.56. The van der Waals surface area contributed by atoms with Gasteiger partial charge in [0.2, 0.25) is 5.91 Å². The molecule has 2 atom stereocenters. The van der Waals surface area contributed by atoms with Gasteiger partial charge in [-0.05, 0) is 25.3 Å². The number of amides is 1. The molecule has 1 fully saturated rings. The summed E-state index contributed by atoms with van der Waals surface area (Å²) in [7, 11) is 1.78. The van der Waals surface area contributed by atoms with Gasteiger partial charge in [0.25, 0.3) is 0 Å². The van der Waals surface area contributed by atoms with Gasteiger partial charge in [-0.25, -0.2) is 4.79 Å². The standard InChI is InChI=1S/C19H24N4O3/c1-3-22(12-14-7-5-4-6-8-14)18(24)16-9-10-17(19(25)26)23(16)15-11-20-21(2)13-15/h4-8,11,13,16-17H,3,9-10,12H2,1-2H3,(H,25,26). The van der Waals surface area contributed by atoms with E-state index < -0.39 is 18.1 Å². The van der Waals surface area contributed by atoms with E-state index in [1.807, 2.05) is 37.3 Å². The van der Waals surface area contributed by atoms with Crippen molar-refractivity contribution < 1.29 is 14.7 Å². The number of hydrogen-bond acceptors (Lipinski definition) is 4. The molecule has 0 aliphatic carbocycles. The summed E-state index contributed by atoms with van der Waals surface area (Å²) in [5, 5.41) is 13.7. The van der Waals surface area contributed by atoms with Crippen LogP contribution in [0.25, 0.3) is 0 Å². The number of likely N-dealkylation sites (N-methyl/N-ethyl adjacent to an activating group) is 1. The number of benzene rings is 1. The van der Waals surface area contributed by atoms with E-state index in [9.17, 15) is 14.7 Å². The fraction of sp³-hybridized carbons (Fsp3) is 0.421. The van der Waals surface area contributed by atoms with Crippen molar-refractivity contribution in [2.45, 2.75) is 38.4 Å². The third kappa shape index (κ3) is 3.56. The fourth-order valence-electron chi connectivity index (χ4n) is 3.56. The Morgan fingerprint density at radius 3 is 2.50 bits per heavy atom. The van der Waals surface area contributed by atoms with Crippen molar-refractivity contribution in [1.29, 1.82) is 0 Å². The van der Waals surface area contributed by atoms with E-state index >= 15 is 0 Å². The van der Waals surface area contributed by atoms with E-state index in [4.69, 9.17) is 0 Å². The molecule has 138 valence electrons. The number of aryl methyl sites for hydroxylation is 1.